The molecule has 0 bridgehead atoms. The van der Waals surface area contributed by atoms with Gasteiger partial charge in [-0.2, -0.15) is 14.9 Å². The molecule has 66 heavy (non-hydrogen) atoms. The van der Waals surface area contributed by atoms with E-state index in [0.29, 0.717) is 49.7 Å². The van der Waals surface area contributed by atoms with Gasteiger partial charge in [0.25, 0.3) is 0 Å². The van der Waals surface area contributed by atoms with E-state index in [-0.39, 0.29) is 0 Å². The number of benzene rings is 4. The first kappa shape index (κ1) is 42.9. The molecular formula is C50H46N14O2. The number of ether oxygens (including phenoxy) is 2. The minimum absolute atomic E-state index is 0.301. The van der Waals surface area contributed by atoms with Gasteiger partial charge in [-0.3, -0.25) is 9.97 Å². The van der Waals surface area contributed by atoms with Crippen molar-refractivity contribution in [3.8, 4) is 23.4 Å². The summed E-state index contributed by atoms with van der Waals surface area (Å²) < 4.78 is 13.6. The second-order valence-electron chi connectivity index (χ2n) is 15.1. The highest BCUT2D eigenvalue weighted by molar-refractivity contribution is 5.92. The zero-order valence-electron chi connectivity index (χ0n) is 36.0. The minimum atomic E-state index is 0.301. The van der Waals surface area contributed by atoms with Crippen molar-refractivity contribution in [1.29, 1.82) is 0 Å². The molecule has 0 atom stereocenters. The fourth-order valence-electron chi connectivity index (χ4n) is 7.20. The molecule has 4 aromatic carbocycles. The Labute approximate surface area is 380 Å². The molecule has 16 nitrogen and oxygen atoms in total. The average Bonchev–Trinajstić information content (AvgIpc) is 4.13. The molecule has 0 unspecified atom stereocenters. The number of fused-ring (bicyclic) bond motifs is 2. The van der Waals surface area contributed by atoms with Crippen LogP contribution in [0.2, 0.25) is 0 Å². The fourth-order valence-corrected chi connectivity index (χ4v) is 7.20. The Morgan fingerprint density at radius 1 is 0.439 bits per heavy atom. The van der Waals surface area contributed by atoms with Gasteiger partial charge < -0.3 is 20.1 Å². The van der Waals surface area contributed by atoms with Crippen molar-refractivity contribution in [3.63, 3.8) is 0 Å². The van der Waals surface area contributed by atoms with Crippen LogP contribution in [0.3, 0.4) is 0 Å². The quantitative estimate of drug-likeness (QED) is 0.0839. The van der Waals surface area contributed by atoms with Gasteiger partial charge >= 0.3 is 0 Å². The predicted molar refractivity (Wildman–Crippen MR) is 250 cm³/mol. The standard InChI is InChI=1S/2C25H23N7O/c1-2-7-19(8-3-1)13-14-26-17-20-9-6-10-21(28-20)18-33-25-23-12-5-4-11-22(23)24(29-30-25)32-16-15-27-31-32;1-2-7-19(8-3-1)13-14-26-17-20-9-6-10-21(29-20)18-33-25-23-12-5-4-11-22(23)24(30-31-25)32-27-15-16-28-32/h2*1-12,15-16,26H,13-14,17-18H2. The van der Waals surface area contributed by atoms with Crippen LogP contribution in [0, 0.1) is 0 Å². The van der Waals surface area contributed by atoms with Crippen LogP contribution in [0.5, 0.6) is 11.8 Å². The number of rotatable bonds is 18. The van der Waals surface area contributed by atoms with E-state index in [1.165, 1.54) is 15.9 Å². The van der Waals surface area contributed by atoms with Gasteiger partial charge in [-0.05, 0) is 73.5 Å². The molecule has 10 aromatic rings. The SMILES string of the molecule is c1ccc(CCNCc2cccc(COc3nnc(-n4ccnn4)c4ccccc34)n2)cc1.c1ccc(CCNCc2cccc(COc3nnc(-n4nccn4)c4ccccc34)n2)cc1. The second-order valence-corrected chi connectivity index (χ2v) is 15.1. The lowest BCUT2D eigenvalue weighted by molar-refractivity contribution is 0.289. The summed E-state index contributed by atoms with van der Waals surface area (Å²) in [6.07, 6.45) is 8.53. The number of pyridine rings is 2. The third kappa shape index (κ3) is 11.2. The number of nitrogens with zero attached hydrogens (tertiary/aromatic N) is 12. The normalized spacial score (nSPS) is 11.0. The summed E-state index contributed by atoms with van der Waals surface area (Å²) in [5, 5.41) is 43.7. The van der Waals surface area contributed by atoms with Crippen LogP contribution in [0.15, 0.2) is 170 Å². The molecule has 0 radical (unpaired) electrons. The molecule has 6 heterocycles. The number of hydrogen-bond acceptors (Lipinski definition) is 14. The zero-order valence-corrected chi connectivity index (χ0v) is 36.0. The van der Waals surface area contributed by atoms with E-state index in [1.54, 1.807) is 29.5 Å². The van der Waals surface area contributed by atoms with E-state index in [0.717, 1.165) is 70.3 Å². The smallest absolute Gasteiger partial charge is 0.241 e. The van der Waals surface area contributed by atoms with Crippen molar-refractivity contribution >= 4 is 21.5 Å². The van der Waals surface area contributed by atoms with E-state index in [1.807, 2.05) is 97.1 Å². The van der Waals surface area contributed by atoms with Gasteiger partial charge in [0.1, 0.15) is 13.2 Å². The third-order valence-corrected chi connectivity index (χ3v) is 10.4. The summed E-state index contributed by atoms with van der Waals surface area (Å²) in [6, 6.07) is 48.4. The summed E-state index contributed by atoms with van der Waals surface area (Å²) in [7, 11) is 0. The second kappa shape index (κ2) is 21.8. The van der Waals surface area contributed by atoms with Gasteiger partial charge in [0.05, 0.1) is 47.6 Å². The predicted octanol–water partition coefficient (Wildman–Crippen LogP) is 7.03. The van der Waals surface area contributed by atoms with Gasteiger partial charge in [-0.15, -0.1) is 30.3 Å². The van der Waals surface area contributed by atoms with Gasteiger partial charge in [-0.1, -0.05) is 114 Å². The van der Waals surface area contributed by atoms with Crippen molar-refractivity contribution in [2.24, 2.45) is 0 Å². The third-order valence-electron chi connectivity index (χ3n) is 10.4. The summed E-state index contributed by atoms with van der Waals surface area (Å²) >= 11 is 0. The summed E-state index contributed by atoms with van der Waals surface area (Å²) in [5.41, 5.74) is 6.26. The highest BCUT2D eigenvalue weighted by Gasteiger charge is 2.15. The number of hydrogen-bond donors (Lipinski definition) is 2. The largest absolute Gasteiger partial charge is 0.470 e. The Morgan fingerprint density at radius 2 is 0.909 bits per heavy atom. The van der Waals surface area contributed by atoms with Gasteiger partial charge in [0.2, 0.25) is 17.6 Å². The first-order chi connectivity index (χ1) is 32.7. The number of nitrogens with one attached hydrogen (secondary N) is 2. The molecule has 0 amide bonds. The van der Waals surface area contributed by atoms with Crippen LogP contribution in [-0.2, 0) is 39.1 Å². The van der Waals surface area contributed by atoms with E-state index in [4.69, 9.17) is 19.4 Å². The lowest BCUT2D eigenvalue weighted by atomic mass is 10.1. The van der Waals surface area contributed by atoms with E-state index in [9.17, 15) is 0 Å². The Morgan fingerprint density at radius 3 is 1.42 bits per heavy atom. The molecule has 6 aromatic heterocycles. The van der Waals surface area contributed by atoms with Gasteiger partial charge in [0.15, 0.2) is 5.82 Å². The van der Waals surface area contributed by atoms with Crippen molar-refractivity contribution < 1.29 is 9.47 Å². The molecule has 328 valence electrons. The van der Waals surface area contributed by atoms with Crippen LogP contribution in [-0.4, -0.2) is 73.4 Å². The Kier molecular flexibility index (Phi) is 14.2. The lowest BCUT2D eigenvalue weighted by Gasteiger charge is -2.11. The van der Waals surface area contributed by atoms with Crippen LogP contribution >= 0.6 is 0 Å². The molecule has 0 aliphatic rings. The Balaban J connectivity index is 0.000000166. The molecule has 0 fully saturated rings. The molecule has 0 saturated heterocycles. The maximum Gasteiger partial charge on any atom is 0.241 e. The molecular weight excluding hydrogens is 829 g/mol. The van der Waals surface area contributed by atoms with E-state index < -0.39 is 0 Å². The Hall–Kier alpha value is -8.34. The topological polar surface area (TPSA) is 181 Å². The van der Waals surface area contributed by atoms with Crippen molar-refractivity contribution in [2.75, 3.05) is 13.1 Å². The minimum Gasteiger partial charge on any atom is -0.470 e. The van der Waals surface area contributed by atoms with Crippen molar-refractivity contribution in [1.82, 2.24) is 71.0 Å². The number of aromatic nitrogens is 12. The van der Waals surface area contributed by atoms with Crippen LogP contribution in [0.25, 0.3) is 33.2 Å². The van der Waals surface area contributed by atoms with Crippen LogP contribution in [0.1, 0.15) is 33.9 Å². The first-order valence-electron chi connectivity index (χ1n) is 21.6. The summed E-state index contributed by atoms with van der Waals surface area (Å²) in [5.74, 6) is 2.08. The van der Waals surface area contributed by atoms with Crippen LogP contribution < -0.4 is 20.1 Å². The zero-order chi connectivity index (χ0) is 44.6. The lowest BCUT2D eigenvalue weighted by Crippen LogP contribution is -2.18. The maximum absolute atomic E-state index is 6.01. The molecule has 0 aliphatic carbocycles. The summed E-state index contributed by atoms with van der Waals surface area (Å²) in [6.45, 7) is 3.80. The van der Waals surface area contributed by atoms with Gasteiger partial charge in [0, 0.05) is 34.6 Å². The Bertz CT molecular complexity index is 2860. The molecule has 0 saturated carbocycles. The van der Waals surface area contributed by atoms with Crippen molar-refractivity contribution in [2.45, 2.75) is 39.1 Å². The van der Waals surface area contributed by atoms with Gasteiger partial charge in [-0.25, -0.2) is 0 Å². The monoisotopic (exact) mass is 874 g/mol. The molecule has 0 aliphatic heterocycles. The van der Waals surface area contributed by atoms with E-state index in [2.05, 4.69) is 100 Å². The molecule has 0 spiro atoms. The molecule has 16 heteroatoms. The maximum atomic E-state index is 6.01. The summed E-state index contributed by atoms with van der Waals surface area (Å²) in [4.78, 5) is 10.9. The molecule has 10 rings (SSSR count). The average molecular weight is 875 g/mol. The fraction of sp³-hybridized carbons (Fsp3) is 0.160. The van der Waals surface area contributed by atoms with E-state index >= 15 is 0 Å². The van der Waals surface area contributed by atoms with Crippen molar-refractivity contribution in [3.05, 3.63) is 204 Å². The highest BCUT2D eigenvalue weighted by Crippen LogP contribution is 2.28. The molecule has 2 N–H and O–H groups in total. The highest BCUT2D eigenvalue weighted by atomic mass is 16.5. The van der Waals surface area contributed by atoms with Crippen LogP contribution in [0.4, 0.5) is 0 Å². The first-order valence-corrected chi connectivity index (χ1v) is 21.6.